The number of unbranched alkanes of at least 4 members (excludes halogenated alkanes) is 2. The number of hydrogen-bond donors (Lipinski definition) is 0. The van der Waals surface area contributed by atoms with E-state index in [9.17, 15) is 4.79 Å². The van der Waals surface area contributed by atoms with Crippen LogP contribution in [0.15, 0.2) is 71.5 Å². The lowest BCUT2D eigenvalue weighted by molar-refractivity contribution is 0.0982. The van der Waals surface area contributed by atoms with Crippen LogP contribution in [0.5, 0.6) is 5.75 Å². The maximum Gasteiger partial charge on any atom is 0.259 e. The van der Waals surface area contributed by atoms with E-state index in [0.29, 0.717) is 30.3 Å². The summed E-state index contributed by atoms with van der Waals surface area (Å²) < 4.78 is 11.1. The molecule has 0 aliphatic heterocycles. The normalized spacial score (nSPS) is 10.6. The lowest BCUT2D eigenvalue weighted by atomic mass is 10.2. The number of nitrogens with zero attached hydrogens (tertiary/aromatic N) is 2. The maximum absolute atomic E-state index is 13.1. The highest BCUT2D eigenvalue weighted by atomic mass is 16.5. The van der Waals surface area contributed by atoms with Crippen molar-refractivity contribution >= 4 is 11.7 Å². The van der Waals surface area contributed by atoms with Crippen LogP contribution in [0.3, 0.4) is 0 Å². The second kappa shape index (κ2) is 9.57. The van der Waals surface area contributed by atoms with Crippen LogP contribution in [0.25, 0.3) is 0 Å². The molecule has 0 saturated carbocycles. The predicted octanol–water partition coefficient (Wildman–Crippen LogP) is 5.09. The number of pyridine rings is 1. The van der Waals surface area contributed by atoms with E-state index in [0.717, 1.165) is 25.0 Å². The summed E-state index contributed by atoms with van der Waals surface area (Å²) in [5.74, 6) is 1.92. The highest BCUT2D eigenvalue weighted by Crippen LogP contribution is 2.20. The minimum absolute atomic E-state index is 0.136. The molecule has 0 bridgehead atoms. The average Bonchev–Trinajstić information content (AvgIpc) is 3.23. The zero-order chi connectivity index (χ0) is 18.9. The summed E-state index contributed by atoms with van der Waals surface area (Å²) in [7, 11) is 0. The van der Waals surface area contributed by atoms with E-state index >= 15 is 0 Å². The molecule has 2 aromatic heterocycles. The first-order valence-corrected chi connectivity index (χ1v) is 9.26. The third-order valence-electron chi connectivity index (χ3n) is 4.18. The van der Waals surface area contributed by atoms with Crippen molar-refractivity contribution in [2.45, 2.75) is 32.7 Å². The van der Waals surface area contributed by atoms with Gasteiger partial charge in [-0.3, -0.25) is 9.69 Å². The van der Waals surface area contributed by atoms with Gasteiger partial charge in [-0.1, -0.05) is 25.8 Å². The zero-order valence-corrected chi connectivity index (χ0v) is 15.5. The van der Waals surface area contributed by atoms with Crippen molar-refractivity contribution in [3.63, 3.8) is 0 Å². The Morgan fingerprint density at radius 3 is 2.59 bits per heavy atom. The molecule has 0 N–H and O–H groups in total. The standard InChI is InChI=1S/C22H24N2O3/c1-2-3-6-15-26-19-12-10-18(11-13-19)22(25)24(17-20-8-7-16-27-20)21-9-4-5-14-23-21/h4-5,7-14,16H,2-3,6,15,17H2,1H3. The van der Waals surface area contributed by atoms with Crippen molar-refractivity contribution in [3.8, 4) is 5.75 Å². The minimum Gasteiger partial charge on any atom is -0.494 e. The van der Waals surface area contributed by atoms with Gasteiger partial charge in [0.25, 0.3) is 5.91 Å². The highest BCUT2D eigenvalue weighted by molar-refractivity contribution is 6.05. The number of rotatable bonds is 9. The smallest absolute Gasteiger partial charge is 0.259 e. The molecule has 0 unspecified atom stereocenters. The van der Waals surface area contributed by atoms with Gasteiger partial charge in [0.05, 0.1) is 19.4 Å². The molecule has 1 aromatic carbocycles. The number of amides is 1. The van der Waals surface area contributed by atoms with Crippen molar-refractivity contribution in [1.82, 2.24) is 4.98 Å². The Hall–Kier alpha value is -3.08. The summed E-state index contributed by atoms with van der Waals surface area (Å²) in [5, 5.41) is 0. The van der Waals surface area contributed by atoms with E-state index in [1.54, 1.807) is 35.6 Å². The van der Waals surface area contributed by atoms with Crippen LogP contribution in [0.2, 0.25) is 0 Å². The first-order chi connectivity index (χ1) is 13.3. The Morgan fingerprint density at radius 1 is 1.07 bits per heavy atom. The molecular formula is C22H24N2O3. The third-order valence-corrected chi connectivity index (χ3v) is 4.18. The Kier molecular flexibility index (Phi) is 6.63. The van der Waals surface area contributed by atoms with Crippen molar-refractivity contribution < 1.29 is 13.9 Å². The molecule has 2 heterocycles. The molecule has 27 heavy (non-hydrogen) atoms. The monoisotopic (exact) mass is 364 g/mol. The van der Waals surface area contributed by atoms with Crippen LogP contribution in [-0.2, 0) is 6.54 Å². The van der Waals surface area contributed by atoms with E-state index in [1.807, 2.05) is 36.4 Å². The van der Waals surface area contributed by atoms with Crippen LogP contribution in [0.4, 0.5) is 5.82 Å². The molecule has 5 nitrogen and oxygen atoms in total. The van der Waals surface area contributed by atoms with Gasteiger partial charge in [0.1, 0.15) is 17.3 Å². The average molecular weight is 364 g/mol. The summed E-state index contributed by atoms with van der Waals surface area (Å²) in [4.78, 5) is 19.0. The molecule has 140 valence electrons. The number of furan rings is 1. The summed E-state index contributed by atoms with van der Waals surface area (Å²) in [5.41, 5.74) is 0.577. The van der Waals surface area contributed by atoms with Gasteiger partial charge in [-0.15, -0.1) is 0 Å². The fourth-order valence-electron chi connectivity index (χ4n) is 2.72. The predicted molar refractivity (Wildman–Crippen MR) is 105 cm³/mol. The molecule has 0 radical (unpaired) electrons. The van der Waals surface area contributed by atoms with Gasteiger partial charge in [-0.25, -0.2) is 4.98 Å². The first-order valence-electron chi connectivity index (χ1n) is 9.26. The van der Waals surface area contributed by atoms with Crippen LogP contribution in [-0.4, -0.2) is 17.5 Å². The largest absolute Gasteiger partial charge is 0.494 e. The molecule has 1 amide bonds. The molecule has 0 saturated heterocycles. The van der Waals surface area contributed by atoms with Gasteiger partial charge in [-0.05, 0) is 55.0 Å². The Morgan fingerprint density at radius 2 is 1.93 bits per heavy atom. The molecule has 0 aliphatic rings. The van der Waals surface area contributed by atoms with Crippen LogP contribution >= 0.6 is 0 Å². The second-order valence-electron chi connectivity index (χ2n) is 6.24. The Balaban J connectivity index is 1.73. The number of carbonyl (C=O) groups is 1. The molecule has 0 spiro atoms. The molecule has 0 atom stereocenters. The second-order valence-corrected chi connectivity index (χ2v) is 6.24. The lowest BCUT2D eigenvalue weighted by Crippen LogP contribution is -2.31. The number of carbonyl (C=O) groups excluding carboxylic acids is 1. The van der Waals surface area contributed by atoms with Crippen LogP contribution in [0, 0.1) is 0 Å². The first kappa shape index (κ1) is 18.7. The van der Waals surface area contributed by atoms with Gasteiger partial charge in [0.2, 0.25) is 0 Å². The summed E-state index contributed by atoms with van der Waals surface area (Å²) in [6.07, 6.45) is 6.62. The summed E-state index contributed by atoms with van der Waals surface area (Å²) in [6, 6.07) is 16.4. The van der Waals surface area contributed by atoms with Crippen molar-refractivity contribution in [3.05, 3.63) is 78.4 Å². The number of anilines is 1. The molecular weight excluding hydrogens is 340 g/mol. The fraction of sp³-hybridized carbons (Fsp3) is 0.273. The topological polar surface area (TPSA) is 55.6 Å². The summed E-state index contributed by atoms with van der Waals surface area (Å²) >= 11 is 0. The number of ether oxygens (including phenoxy) is 1. The fourth-order valence-corrected chi connectivity index (χ4v) is 2.72. The van der Waals surface area contributed by atoms with Crippen LogP contribution < -0.4 is 9.64 Å². The Bertz CT molecular complexity index is 815. The van der Waals surface area contributed by atoms with Crippen LogP contribution in [0.1, 0.15) is 42.3 Å². The van der Waals surface area contributed by atoms with E-state index in [4.69, 9.17) is 9.15 Å². The maximum atomic E-state index is 13.1. The third kappa shape index (κ3) is 5.20. The van der Waals surface area contributed by atoms with Crippen molar-refractivity contribution in [1.29, 1.82) is 0 Å². The number of benzene rings is 1. The SMILES string of the molecule is CCCCCOc1ccc(C(=O)N(Cc2ccco2)c2ccccn2)cc1. The number of hydrogen-bond acceptors (Lipinski definition) is 4. The lowest BCUT2D eigenvalue weighted by Gasteiger charge is -2.21. The van der Waals surface area contributed by atoms with Crippen molar-refractivity contribution in [2.75, 3.05) is 11.5 Å². The molecule has 3 aromatic rings. The van der Waals surface area contributed by atoms with Crippen molar-refractivity contribution in [2.24, 2.45) is 0 Å². The molecule has 3 rings (SSSR count). The van der Waals surface area contributed by atoms with E-state index in [1.165, 1.54) is 0 Å². The zero-order valence-electron chi connectivity index (χ0n) is 15.5. The quantitative estimate of drug-likeness (QED) is 0.496. The van der Waals surface area contributed by atoms with Gasteiger partial charge < -0.3 is 9.15 Å². The summed E-state index contributed by atoms with van der Waals surface area (Å²) in [6.45, 7) is 3.17. The van der Waals surface area contributed by atoms with E-state index in [2.05, 4.69) is 11.9 Å². The highest BCUT2D eigenvalue weighted by Gasteiger charge is 2.20. The van der Waals surface area contributed by atoms with Gasteiger partial charge in [-0.2, -0.15) is 0 Å². The van der Waals surface area contributed by atoms with E-state index in [-0.39, 0.29) is 5.91 Å². The van der Waals surface area contributed by atoms with Gasteiger partial charge in [0.15, 0.2) is 0 Å². The molecule has 5 heteroatoms. The Labute approximate surface area is 159 Å². The number of aromatic nitrogens is 1. The van der Waals surface area contributed by atoms with E-state index < -0.39 is 0 Å². The van der Waals surface area contributed by atoms with Gasteiger partial charge >= 0.3 is 0 Å². The minimum atomic E-state index is -0.136. The van der Waals surface area contributed by atoms with Gasteiger partial charge in [0, 0.05) is 11.8 Å². The molecule has 0 aliphatic carbocycles. The molecule has 0 fully saturated rings.